The van der Waals surface area contributed by atoms with E-state index in [4.69, 9.17) is 4.52 Å². The van der Waals surface area contributed by atoms with Crippen molar-refractivity contribution in [2.75, 3.05) is 13.1 Å². The van der Waals surface area contributed by atoms with E-state index in [9.17, 15) is 0 Å². The highest BCUT2D eigenvalue weighted by atomic mass is 16.5. The van der Waals surface area contributed by atoms with E-state index in [2.05, 4.69) is 35.0 Å². The van der Waals surface area contributed by atoms with Gasteiger partial charge in [-0.1, -0.05) is 23.7 Å². The minimum Gasteiger partial charge on any atom is -0.339 e. The summed E-state index contributed by atoms with van der Waals surface area (Å²) >= 11 is 0. The molecule has 1 aliphatic heterocycles. The van der Waals surface area contributed by atoms with Gasteiger partial charge in [0.1, 0.15) is 0 Å². The van der Waals surface area contributed by atoms with Crippen LogP contribution in [0.5, 0.6) is 0 Å². The molecule has 0 saturated carbocycles. The Hall–Kier alpha value is -1.16. The third-order valence-corrected chi connectivity index (χ3v) is 3.18. The van der Waals surface area contributed by atoms with Crippen molar-refractivity contribution in [2.24, 2.45) is 0 Å². The monoisotopic (exact) mass is 235 g/mol. The molecule has 1 atom stereocenters. The van der Waals surface area contributed by atoms with Gasteiger partial charge in [0.15, 0.2) is 5.82 Å². The second-order valence-electron chi connectivity index (χ2n) is 4.83. The van der Waals surface area contributed by atoms with Gasteiger partial charge in [-0.2, -0.15) is 4.98 Å². The molecule has 2 rings (SSSR count). The first-order valence-corrected chi connectivity index (χ1v) is 6.40. The van der Waals surface area contributed by atoms with Crippen LogP contribution in [0.3, 0.4) is 0 Å². The van der Waals surface area contributed by atoms with Gasteiger partial charge in [-0.05, 0) is 33.2 Å². The molecule has 0 aliphatic carbocycles. The molecular weight excluding hydrogens is 214 g/mol. The average molecular weight is 235 g/mol. The molecule has 17 heavy (non-hydrogen) atoms. The van der Waals surface area contributed by atoms with Crippen LogP contribution in [-0.2, 0) is 6.42 Å². The van der Waals surface area contributed by atoms with Gasteiger partial charge >= 0.3 is 0 Å². The predicted octanol–water partition coefficient (Wildman–Crippen LogP) is 2.74. The average Bonchev–Trinajstić information content (AvgIpc) is 2.94. The zero-order chi connectivity index (χ0) is 12.3. The highest BCUT2D eigenvalue weighted by Crippen LogP contribution is 2.29. The maximum atomic E-state index is 5.20. The minimum atomic E-state index is 0.342. The SMILES string of the molecule is CCc1nc(C2CCCN2CC=C(C)C)no1. The second-order valence-corrected chi connectivity index (χ2v) is 4.83. The molecular formula is C13H21N3O. The Bertz CT molecular complexity index is 393. The van der Waals surface area contributed by atoms with Crippen LogP contribution in [0.2, 0.25) is 0 Å². The van der Waals surface area contributed by atoms with E-state index < -0.39 is 0 Å². The second kappa shape index (κ2) is 5.45. The zero-order valence-corrected chi connectivity index (χ0v) is 10.9. The number of aromatic nitrogens is 2. The molecule has 4 nitrogen and oxygen atoms in total. The zero-order valence-electron chi connectivity index (χ0n) is 10.9. The molecule has 4 heteroatoms. The Morgan fingerprint density at radius 2 is 2.35 bits per heavy atom. The van der Waals surface area contributed by atoms with E-state index in [0.29, 0.717) is 6.04 Å². The smallest absolute Gasteiger partial charge is 0.226 e. The summed E-state index contributed by atoms with van der Waals surface area (Å²) < 4.78 is 5.20. The van der Waals surface area contributed by atoms with Crippen LogP contribution < -0.4 is 0 Å². The topological polar surface area (TPSA) is 42.2 Å². The number of rotatable bonds is 4. The Morgan fingerprint density at radius 1 is 1.53 bits per heavy atom. The van der Waals surface area contributed by atoms with Gasteiger partial charge in [0.2, 0.25) is 5.89 Å². The molecule has 0 N–H and O–H groups in total. The number of nitrogens with zero attached hydrogens (tertiary/aromatic N) is 3. The van der Waals surface area contributed by atoms with Gasteiger partial charge in [-0.3, -0.25) is 4.90 Å². The number of hydrogen-bond donors (Lipinski definition) is 0. The Balaban J connectivity index is 2.06. The fourth-order valence-electron chi connectivity index (χ4n) is 2.18. The van der Waals surface area contributed by atoms with Crippen molar-refractivity contribution in [1.82, 2.24) is 15.0 Å². The fraction of sp³-hybridized carbons (Fsp3) is 0.692. The summed E-state index contributed by atoms with van der Waals surface area (Å²) in [5, 5.41) is 4.10. The lowest BCUT2D eigenvalue weighted by atomic mass is 10.2. The lowest BCUT2D eigenvalue weighted by Gasteiger charge is -2.20. The van der Waals surface area contributed by atoms with Crippen LogP contribution in [0.1, 0.15) is 51.4 Å². The van der Waals surface area contributed by atoms with Crippen molar-refractivity contribution in [3.63, 3.8) is 0 Å². The van der Waals surface area contributed by atoms with Crippen molar-refractivity contribution < 1.29 is 4.52 Å². The van der Waals surface area contributed by atoms with Gasteiger partial charge in [-0.25, -0.2) is 0 Å². The summed E-state index contributed by atoms with van der Waals surface area (Å²) in [5.74, 6) is 1.61. The van der Waals surface area contributed by atoms with Crippen LogP contribution >= 0.6 is 0 Å². The first kappa shape index (κ1) is 12.3. The Kier molecular flexibility index (Phi) is 3.94. The summed E-state index contributed by atoms with van der Waals surface area (Å²) in [6.45, 7) is 8.42. The van der Waals surface area contributed by atoms with Crippen LogP contribution in [0.25, 0.3) is 0 Å². The highest BCUT2D eigenvalue weighted by molar-refractivity contribution is 5.02. The lowest BCUT2D eigenvalue weighted by molar-refractivity contribution is 0.266. The van der Waals surface area contributed by atoms with Crippen LogP contribution in [0.4, 0.5) is 0 Å². The number of hydrogen-bond acceptors (Lipinski definition) is 4. The molecule has 0 radical (unpaired) electrons. The molecule has 94 valence electrons. The summed E-state index contributed by atoms with van der Waals surface area (Å²) in [6.07, 6.45) is 5.43. The molecule has 1 unspecified atom stereocenters. The highest BCUT2D eigenvalue weighted by Gasteiger charge is 2.28. The van der Waals surface area contributed by atoms with Crippen molar-refractivity contribution in [3.05, 3.63) is 23.4 Å². The summed E-state index contributed by atoms with van der Waals surface area (Å²) in [7, 11) is 0. The van der Waals surface area contributed by atoms with E-state index in [0.717, 1.165) is 37.6 Å². The first-order valence-electron chi connectivity index (χ1n) is 6.40. The predicted molar refractivity (Wildman–Crippen MR) is 66.7 cm³/mol. The Labute approximate surface area is 103 Å². The third kappa shape index (κ3) is 2.94. The van der Waals surface area contributed by atoms with Gasteiger partial charge in [0.05, 0.1) is 6.04 Å². The van der Waals surface area contributed by atoms with E-state index in [1.807, 2.05) is 6.92 Å². The molecule has 1 saturated heterocycles. The molecule has 0 aromatic carbocycles. The van der Waals surface area contributed by atoms with Crippen molar-refractivity contribution in [1.29, 1.82) is 0 Å². The van der Waals surface area contributed by atoms with Crippen LogP contribution in [-0.4, -0.2) is 28.1 Å². The van der Waals surface area contributed by atoms with Crippen LogP contribution in [0, 0.1) is 0 Å². The van der Waals surface area contributed by atoms with E-state index >= 15 is 0 Å². The van der Waals surface area contributed by atoms with Gasteiger partial charge in [-0.15, -0.1) is 0 Å². The van der Waals surface area contributed by atoms with Gasteiger partial charge in [0, 0.05) is 13.0 Å². The molecule has 0 spiro atoms. The molecule has 1 aromatic rings. The van der Waals surface area contributed by atoms with E-state index in [-0.39, 0.29) is 0 Å². The third-order valence-electron chi connectivity index (χ3n) is 3.18. The Morgan fingerprint density at radius 3 is 3.00 bits per heavy atom. The summed E-state index contributed by atoms with van der Waals surface area (Å²) in [5.41, 5.74) is 1.36. The molecule has 1 aliphatic rings. The normalized spacial score (nSPS) is 20.8. The molecule has 0 bridgehead atoms. The maximum Gasteiger partial charge on any atom is 0.226 e. The van der Waals surface area contributed by atoms with Crippen molar-refractivity contribution in [2.45, 2.75) is 46.1 Å². The van der Waals surface area contributed by atoms with Crippen molar-refractivity contribution in [3.8, 4) is 0 Å². The lowest BCUT2D eigenvalue weighted by Crippen LogP contribution is -2.24. The first-order chi connectivity index (χ1) is 8.20. The molecule has 0 amide bonds. The number of likely N-dealkylation sites (tertiary alicyclic amines) is 1. The minimum absolute atomic E-state index is 0.342. The molecule has 2 heterocycles. The van der Waals surface area contributed by atoms with Gasteiger partial charge < -0.3 is 4.52 Å². The summed E-state index contributed by atoms with van der Waals surface area (Å²) in [4.78, 5) is 6.88. The summed E-state index contributed by atoms with van der Waals surface area (Å²) in [6, 6.07) is 0.342. The van der Waals surface area contributed by atoms with Crippen LogP contribution in [0.15, 0.2) is 16.2 Å². The quantitative estimate of drug-likeness (QED) is 0.752. The fourth-order valence-corrected chi connectivity index (χ4v) is 2.18. The van der Waals surface area contributed by atoms with Crippen molar-refractivity contribution >= 4 is 0 Å². The van der Waals surface area contributed by atoms with E-state index in [1.54, 1.807) is 0 Å². The number of aryl methyl sites for hydroxylation is 1. The number of allylic oxidation sites excluding steroid dienone is 1. The van der Waals surface area contributed by atoms with Gasteiger partial charge in [0.25, 0.3) is 0 Å². The maximum absolute atomic E-state index is 5.20. The molecule has 1 fully saturated rings. The molecule has 1 aromatic heterocycles. The van der Waals surface area contributed by atoms with E-state index in [1.165, 1.54) is 12.0 Å². The standard InChI is InChI=1S/C13H21N3O/c1-4-12-14-13(15-17-12)11-6-5-8-16(11)9-7-10(2)3/h7,11H,4-6,8-9H2,1-3H3. The largest absolute Gasteiger partial charge is 0.339 e.